The fourth-order valence-corrected chi connectivity index (χ4v) is 2.05. The van der Waals surface area contributed by atoms with Crippen molar-refractivity contribution in [3.8, 4) is 0 Å². The van der Waals surface area contributed by atoms with E-state index in [0.29, 0.717) is 10.0 Å². The van der Waals surface area contributed by atoms with E-state index in [0.717, 1.165) is 0 Å². The highest BCUT2D eigenvalue weighted by molar-refractivity contribution is 9.10. The number of aliphatic hydroxyl groups excluding tert-OH is 1. The smallest absolute Gasteiger partial charge is 0.337 e. The summed E-state index contributed by atoms with van der Waals surface area (Å²) in [6.07, 6.45) is -1.40. The molecule has 0 bridgehead atoms. The van der Waals surface area contributed by atoms with Crippen LogP contribution in [0.1, 0.15) is 17.2 Å². The Balaban J connectivity index is 2.94. The maximum absolute atomic E-state index is 11.1. The minimum absolute atomic E-state index is 0.0584. The second-order valence-corrected chi connectivity index (χ2v) is 4.57. The van der Waals surface area contributed by atoms with Crippen molar-refractivity contribution in [2.45, 2.75) is 12.5 Å². The Bertz CT molecular complexity index is 447. The first kappa shape index (κ1) is 14.2. The highest BCUT2D eigenvalue weighted by Crippen LogP contribution is 2.25. The number of carboxylic acid groups (broad SMARTS) is 1. The van der Waals surface area contributed by atoms with Crippen LogP contribution in [0.2, 0.25) is 0 Å². The summed E-state index contributed by atoms with van der Waals surface area (Å²) in [5, 5.41) is 18.1. The summed E-state index contributed by atoms with van der Waals surface area (Å²) in [5.74, 6) is -1.50. The maximum atomic E-state index is 11.1. The van der Waals surface area contributed by atoms with E-state index in [2.05, 4.69) is 15.9 Å². The largest absolute Gasteiger partial charge is 0.479 e. The molecule has 0 aliphatic heterocycles. The van der Waals surface area contributed by atoms with Gasteiger partial charge >= 0.3 is 5.97 Å². The normalized spacial score (nSPS) is 12.2. The molecule has 1 unspecified atom stereocenters. The van der Waals surface area contributed by atoms with Crippen molar-refractivity contribution < 1.29 is 19.8 Å². The predicted octanol–water partition coefficient (Wildman–Crippen LogP) is 1.92. The van der Waals surface area contributed by atoms with E-state index in [4.69, 9.17) is 16.7 Å². The van der Waals surface area contributed by atoms with E-state index in [-0.39, 0.29) is 23.6 Å². The molecule has 0 aliphatic rings. The molecule has 4 nitrogen and oxygen atoms in total. The number of rotatable bonds is 5. The fourth-order valence-electron chi connectivity index (χ4n) is 1.31. The number of carboxylic acids is 1. The standard InChI is InChI=1S/C11H10BrClO4/c12-9-4-6(3-7(14)5-13)1-2-8(9)10(15)11(16)17/h1-2,4,10,15H,3,5H2,(H,16,17). The third kappa shape index (κ3) is 3.80. The summed E-state index contributed by atoms with van der Waals surface area (Å²) in [6, 6.07) is 4.67. The Labute approximate surface area is 111 Å². The van der Waals surface area contributed by atoms with Gasteiger partial charge in [0.2, 0.25) is 0 Å². The van der Waals surface area contributed by atoms with Gasteiger partial charge in [0.15, 0.2) is 11.9 Å². The minimum Gasteiger partial charge on any atom is -0.479 e. The van der Waals surface area contributed by atoms with Gasteiger partial charge in [-0.25, -0.2) is 4.79 Å². The number of halogens is 2. The second-order valence-electron chi connectivity index (χ2n) is 3.45. The molecule has 0 heterocycles. The molecule has 0 aromatic heterocycles. The molecule has 6 heteroatoms. The molecule has 0 radical (unpaired) electrons. The number of aliphatic carboxylic acids is 1. The number of hydrogen-bond acceptors (Lipinski definition) is 3. The quantitative estimate of drug-likeness (QED) is 0.813. The third-order valence-corrected chi connectivity index (χ3v) is 3.13. The predicted molar refractivity (Wildman–Crippen MR) is 66.2 cm³/mol. The zero-order valence-corrected chi connectivity index (χ0v) is 11.0. The Morgan fingerprint density at radius 1 is 1.41 bits per heavy atom. The van der Waals surface area contributed by atoms with Gasteiger partial charge in [-0.3, -0.25) is 4.79 Å². The van der Waals surface area contributed by atoms with Crippen LogP contribution in [0.15, 0.2) is 22.7 Å². The molecule has 1 atom stereocenters. The van der Waals surface area contributed by atoms with Crippen molar-refractivity contribution in [1.82, 2.24) is 0 Å². The van der Waals surface area contributed by atoms with Crippen LogP contribution in [0, 0.1) is 0 Å². The minimum atomic E-state index is -1.58. The van der Waals surface area contributed by atoms with Crippen LogP contribution in [0.3, 0.4) is 0 Å². The molecule has 1 aromatic rings. The van der Waals surface area contributed by atoms with E-state index in [1.165, 1.54) is 6.07 Å². The van der Waals surface area contributed by atoms with Gasteiger partial charge in [0.25, 0.3) is 0 Å². The van der Waals surface area contributed by atoms with Gasteiger partial charge in [0.05, 0.1) is 5.88 Å². The van der Waals surface area contributed by atoms with Crippen LogP contribution in [-0.2, 0) is 16.0 Å². The van der Waals surface area contributed by atoms with Gasteiger partial charge < -0.3 is 10.2 Å². The molecule has 0 saturated heterocycles. The van der Waals surface area contributed by atoms with Crippen LogP contribution >= 0.6 is 27.5 Å². The lowest BCUT2D eigenvalue weighted by Crippen LogP contribution is -2.11. The van der Waals surface area contributed by atoms with E-state index in [1.807, 2.05) is 0 Å². The highest BCUT2D eigenvalue weighted by atomic mass is 79.9. The van der Waals surface area contributed by atoms with Crippen LogP contribution < -0.4 is 0 Å². The molecule has 1 aromatic carbocycles. The number of carbonyl (C=O) groups is 2. The summed E-state index contributed by atoms with van der Waals surface area (Å²) in [6.45, 7) is 0. The lowest BCUT2D eigenvalue weighted by atomic mass is 10.0. The SMILES string of the molecule is O=C(CCl)Cc1ccc(C(O)C(=O)O)c(Br)c1. The molecule has 0 spiro atoms. The van der Waals surface area contributed by atoms with Gasteiger partial charge in [0.1, 0.15) is 0 Å². The molecule has 0 fully saturated rings. The van der Waals surface area contributed by atoms with Gasteiger partial charge in [-0.2, -0.15) is 0 Å². The van der Waals surface area contributed by atoms with Gasteiger partial charge in [-0.1, -0.05) is 28.1 Å². The first-order valence-corrected chi connectivity index (χ1v) is 6.05. The second kappa shape index (κ2) is 6.14. The lowest BCUT2D eigenvalue weighted by Gasteiger charge is -2.09. The summed E-state index contributed by atoms with van der Waals surface area (Å²) in [5.41, 5.74) is 0.962. The fraction of sp³-hybridized carbons (Fsp3) is 0.273. The van der Waals surface area contributed by atoms with E-state index >= 15 is 0 Å². The van der Waals surface area contributed by atoms with Crippen LogP contribution in [0.25, 0.3) is 0 Å². The Morgan fingerprint density at radius 2 is 2.06 bits per heavy atom. The molecular formula is C11H10BrClO4. The van der Waals surface area contributed by atoms with Crippen molar-refractivity contribution in [2.75, 3.05) is 5.88 Å². The molecule has 0 aliphatic carbocycles. The maximum Gasteiger partial charge on any atom is 0.337 e. The van der Waals surface area contributed by atoms with Gasteiger partial charge in [0, 0.05) is 16.5 Å². The number of ketones is 1. The van der Waals surface area contributed by atoms with Crippen molar-refractivity contribution in [3.63, 3.8) is 0 Å². The molecule has 2 N–H and O–H groups in total. The third-order valence-electron chi connectivity index (χ3n) is 2.14. The number of aliphatic hydroxyl groups is 1. The molecule has 0 saturated carbocycles. The molecule has 17 heavy (non-hydrogen) atoms. The molecular weight excluding hydrogens is 311 g/mol. The Kier molecular flexibility index (Phi) is 5.11. The van der Waals surface area contributed by atoms with Crippen molar-refractivity contribution in [1.29, 1.82) is 0 Å². The average molecular weight is 322 g/mol. The first-order chi connectivity index (χ1) is 7.95. The van der Waals surface area contributed by atoms with Crippen molar-refractivity contribution in [2.24, 2.45) is 0 Å². The van der Waals surface area contributed by atoms with E-state index < -0.39 is 12.1 Å². The first-order valence-electron chi connectivity index (χ1n) is 4.72. The molecule has 0 amide bonds. The van der Waals surface area contributed by atoms with Gasteiger partial charge in [-0.15, -0.1) is 11.6 Å². The highest BCUT2D eigenvalue weighted by Gasteiger charge is 2.18. The number of carbonyl (C=O) groups excluding carboxylic acids is 1. The Morgan fingerprint density at radius 3 is 2.53 bits per heavy atom. The average Bonchev–Trinajstić information content (AvgIpc) is 2.28. The number of alkyl halides is 1. The number of hydrogen-bond donors (Lipinski definition) is 2. The number of Topliss-reactive ketones (excluding diaryl/α,β-unsaturated/α-hetero) is 1. The monoisotopic (exact) mass is 320 g/mol. The zero-order chi connectivity index (χ0) is 13.0. The summed E-state index contributed by atoms with van der Waals surface area (Å²) in [4.78, 5) is 21.7. The van der Waals surface area contributed by atoms with Crippen molar-refractivity contribution in [3.05, 3.63) is 33.8 Å². The van der Waals surface area contributed by atoms with Crippen LogP contribution in [0.5, 0.6) is 0 Å². The summed E-state index contributed by atoms with van der Waals surface area (Å²) < 4.78 is 0.451. The topological polar surface area (TPSA) is 74.6 Å². The zero-order valence-electron chi connectivity index (χ0n) is 8.69. The number of benzene rings is 1. The molecule has 1 rings (SSSR count). The van der Waals surface area contributed by atoms with Crippen LogP contribution in [-0.4, -0.2) is 27.8 Å². The van der Waals surface area contributed by atoms with Crippen LogP contribution in [0.4, 0.5) is 0 Å². The molecule has 92 valence electrons. The van der Waals surface area contributed by atoms with E-state index in [9.17, 15) is 14.7 Å². The van der Waals surface area contributed by atoms with Gasteiger partial charge in [-0.05, 0) is 11.6 Å². The van der Waals surface area contributed by atoms with E-state index in [1.54, 1.807) is 12.1 Å². The van der Waals surface area contributed by atoms with Crippen molar-refractivity contribution >= 4 is 39.3 Å². The summed E-state index contributed by atoms with van der Waals surface area (Å²) >= 11 is 8.55. The Hall–Kier alpha value is -0.910. The lowest BCUT2D eigenvalue weighted by molar-refractivity contribution is -0.147. The summed E-state index contributed by atoms with van der Waals surface area (Å²) in [7, 11) is 0.